The summed E-state index contributed by atoms with van der Waals surface area (Å²) >= 11 is 0. The van der Waals surface area contributed by atoms with Crippen LogP contribution in [0.4, 0.5) is 0 Å². The Morgan fingerprint density at radius 3 is 2.24 bits per heavy atom. The van der Waals surface area contributed by atoms with Gasteiger partial charge in [-0.25, -0.2) is 4.67 Å². The van der Waals surface area contributed by atoms with Crippen LogP contribution in [0.2, 0.25) is 0 Å². The highest BCUT2D eigenvalue weighted by Crippen LogP contribution is 2.42. The molecule has 0 spiro atoms. The van der Waals surface area contributed by atoms with Crippen LogP contribution in [-0.4, -0.2) is 62.2 Å². The van der Waals surface area contributed by atoms with Crippen molar-refractivity contribution in [2.45, 2.75) is 20.8 Å². The van der Waals surface area contributed by atoms with Gasteiger partial charge in [-0.05, 0) is 45.5 Å². The number of rotatable bonds is 11. The number of halogens is 1. The molecule has 0 radical (unpaired) electrons. The number of nitrogens with zero attached hydrogens (tertiary/aromatic N) is 2. The molecule has 0 aliphatic carbocycles. The van der Waals surface area contributed by atoms with Crippen LogP contribution in [-0.2, 0) is 4.57 Å². The maximum Gasteiger partial charge on any atom is 0.175 e. The molecule has 0 fully saturated rings. The number of benzene rings is 2. The van der Waals surface area contributed by atoms with Gasteiger partial charge in [-0.2, -0.15) is 0 Å². The van der Waals surface area contributed by atoms with Gasteiger partial charge in [-0.15, -0.1) is 0 Å². The summed E-state index contributed by atoms with van der Waals surface area (Å²) < 4.78 is 22.3. The highest BCUT2D eigenvalue weighted by molar-refractivity contribution is 7.68. The number of hydrogen-bond donors (Lipinski definition) is 0. The van der Waals surface area contributed by atoms with Gasteiger partial charge in [-0.1, -0.05) is 42.5 Å². The molecule has 0 aromatic heterocycles. The lowest BCUT2D eigenvalue weighted by molar-refractivity contribution is -0.924. The number of aryl methyl sites for hydroxylation is 1. The summed E-state index contributed by atoms with van der Waals surface area (Å²) in [5.41, 5.74) is 1.21. The summed E-state index contributed by atoms with van der Waals surface area (Å²) in [6.07, 6.45) is 0. The van der Waals surface area contributed by atoms with E-state index in [-0.39, 0.29) is 24.0 Å². The maximum atomic E-state index is 13.3. The first kappa shape index (κ1) is 26.2. The van der Waals surface area contributed by atoms with E-state index in [1.807, 2.05) is 60.8 Å². The van der Waals surface area contributed by atoms with Crippen LogP contribution in [0.3, 0.4) is 0 Å². The smallest absolute Gasteiger partial charge is 0.175 e. The standard InChI is InChI=1S/C23H36N2O2P.HI/c1-6-25(7-2,18-19-27-22-13-11-12-21(3)20-22)17-16-24(4)28(5,26)23-14-9-8-10-15-23;/h8-15,20H,6-7,16-19H2,1-5H3;1H/q+1;/p-1. The quantitative estimate of drug-likeness (QED) is 0.250. The Labute approximate surface area is 194 Å². The molecule has 6 heteroatoms. The van der Waals surface area contributed by atoms with Crippen molar-refractivity contribution in [3.05, 3.63) is 60.2 Å². The van der Waals surface area contributed by atoms with E-state index in [4.69, 9.17) is 4.74 Å². The molecule has 162 valence electrons. The van der Waals surface area contributed by atoms with Crippen molar-refractivity contribution in [3.63, 3.8) is 0 Å². The number of quaternary nitrogens is 1. The Morgan fingerprint density at radius 2 is 1.66 bits per heavy atom. The van der Waals surface area contributed by atoms with Gasteiger partial charge >= 0.3 is 0 Å². The van der Waals surface area contributed by atoms with Crippen LogP contribution in [0, 0.1) is 6.92 Å². The average molecular weight is 530 g/mol. The van der Waals surface area contributed by atoms with Crippen molar-refractivity contribution in [1.29, 1.82) is 0 Å². The lowest BCUT2D eigenvalue weighted by atomic mass is 10.2. The van der Waals surface area contributed by atoms with Crippen LogP contribution < -0.4 is 34.0 Å². The molecule has 4 nitrogen and oxygen atoms in total. The fourth-order valence-electron chi connectivity index (χ4n) is 3.48. The summed E-state index contributed by atoms with van der Waals surface area (Å²) in [6.45, 7) is 13.9. The van der Waals surface area contributed by atoms with Gasteiger partial charge in [0.1, 0.15) is 18.9 Å². The molecule has 0 saturated heterocycles. The van der Waals surface area contributed by atoms with Crippen molar-refractivity contribution >= 4 is 12.6 Å². The Bertz CT molecular complexity index is 781. The van der Waals surface area contributed by atoms with Gasteiger partial charge in [0.15, 0.2) is 7.29 Å². The van der Waals surface area contributed by atoms with Crippen molar-refractivity contribution in [2.75, 3.05) is 53.0 Å². The molecule has 1 atom stereocenters. The van der Waals surface area contributed by atoms with E-state index in [1.165, 1.54) is 5.56 Å². The van der Waals surface area contributed by atoms with E-state index >= 15 is 0 Å². The van der Waals surface area contributed by atoms with Crippen LogP contribution in [0.25, 0.3) is 0 Å². The van der Waals surface area contributed by atoms with E-state index in [1.54, 1.807) is 0 Å². The number of ether oxygens (including phenoxy) is 1. The highest BCUT2D eigenvalue weighted by atomic mass is 127. The van der Waals surface area contributed by atoms with Crippen molar-refractivity contribution in [3.8, 4) is 5.75 Å². The molecule has 2 aromatic rings. The van der Waals surface area contributed by atoms with E-state index in [0.717, 1.165) is 48.3 Å². The summed E-state index contributed by atoms with van der Waals surface area (Å²) in [4.78, 5) is 0. The van der Waals surface area contributed by atoms with Crippen molar-refractivity contribution in [1.82, 2.24) is 4.67 Å². The van der Waals surface area contributed by atoms with Crippen LogP contribution in [0.1, 0.15) is 19.4 Å². The van der Waals surface area contributed by atoms with Gasteiger partial charge in [0.2, 0.25) is 0 Å². The van der Waals surface area contributed by atoms with E-state index in [9.17, 15) is 4.57 Å². The monoisotopic (exact) mass is 530 g/mol. The molecule has 2 rings (SSSR count). The first-order chi connectivity index (χ1) is 13.3. The predicted octanol–water partition coefficient (Wildman–Crippen LogP) is 1.40. The SMILES string of the molecule is CC[N+](CC)(CCOc1cccc(C)c1)CCN(C)P(C)(=O)c1ccccc1.[I-]. The zero-order valence-corrected chi connectivity index (χ0v) is 21.5. The second kappa shape index (κ2) is 12.1. The Balaban J connectivity index is 0.00000420. The first-order valence-electron chi connectivity index (χ1n) is 10.2. The first-order valence-corrected chi connectivity index (χ1v) is 12.3. The summed E-state index contributed by atoms with van der Waals surface area (Å²) in [7, 11) is -0.547. The molecule has 0 aliphatic rings. The number of likely N-dealkylation sites (N-methyl/N-ethyl adjacent to an activating group) is 2. The zero-order chi connectivity index (χ0) is 20.6. The Morgan fingerprint density at radius 1 is 1.00 bits per heavy atom. The molecular weight excluding hydrogens is 494 g/mol. The summed E-state index contributed by atoms with van der Waals surface area (Å²) in [6, 6.07) is 18.0. The third-order valence-electron chi connectivity index (χ3n) is 5.95. The third kappa shape index (κ3) is 7.39. The van der Waals surface area contributed by atoms with E-state index in [0.29, 0.717) is 6.61 Å². The number of hydrogen-bond acceptors (Lipinski definition) is 2. The third-order valence-corrected chi connectivity index (χ3v) is 8.71. The lowest BCUT2D eigenvalue weighted by Crippen LogP contribution is -3.00. The molecule has 0 bridgehead atoms. The summed E-state index contributed by atoms with van der Waals surface area (Å²) in [5, 5.41) is 0.923. The van der Waals surface area contributed by atoms with Crippen LogP contribution in [0.15, 0.2) is 54.6 Å². The average Bonchev–Trinajstić information content (AvgIpc) is 2.71. The minimum absolute atomic E-state index is 0. The van der Waals surface area contributed by atoms with Crippen LogP contribution in [0.5, 0.6) is 5.75 Å². The van der Waals surface area contributed by atoms with E-state index < -0.39 is 7.29 Å². The van der Waals surface area contributed by atoms with E-state index in [2.05, 4.69) is 32.9 Å². The Hall–Kier alpha value is -0.880. The summed E-state index contributed by atoms with van der Waals surface area (Å²) in [5.74, 6) is 0.935. The molecular formula is C23H36IN2O2P. The minimum atomic E-state index is -2.53. The van der Waals surface area contributed by atoms with Gasteiger partial charge in [0.25, 0.3) is 0 Å². The van der Waals surface area contributed by atoms with Gasteiger partial charge in [0, 0.05) is 12.0 Å². The van der Waals surface area contributed by atoms with Crippen molar-refractivity contribution < 1.29 is 37.8 Å². The van der Waals surface area contributed by atoms with Crippen molar-refractivity contribution in [2.24, 2.45) is 0 Å². The maximum absolute atomic E-state index is 13.3. The topological polar surface area (TPSA) is 29.5 Å². The molecule has 1 unspecified atom stereocenters. The molecule has 0 amide bonds. The largest absolute Gasteiger partial charge is 1.00 e. The minimum Gasteiger partial charge on any atom is -1.00 e. The highest BCUT2D eigenvalue weighted by Gasteiger charge is 2.29. The lowest BCUT2D eigenvalue weighted by Gasteiger charge is -2.38. The Kier molecular flexibility index (Phi) is 10.9. The normalized spacial score (nSPS) is 13.6. The molecule has 2 aromatic carbocycles. The zero-order valence-electron chi connectivity index (χ0n) is 18.5. The van der Waals surface area contributed by atoms with Gasteiger partial charge in [-0.3, -0.25) is 0 Å². The second-order valence-electron chi connectivity index (χ2n) is 7.68. The van der Waals surface area contributed by atoms with Gasteiger partial charge in [0.05, 0.1) is 26.2 Å². The predicted molar refractivity (Wildman–Crippen MR) is 120 cm³/mol. The van der Waals surface area contributed by atoms with Gasteiger partial charge < -0.3 is 37.8 Å². The fourth-order valence-corrected chi connectivity index (χ4v) is 5.07. The molecule has 29 heavy (non-hydrogen) atoms. The molecule has 0 N–H and O–H groups in total. The molecule has 0 heterocycles. The fraction of sp³-hybridized carbons (Fsp3) is 0.478. The molecule has 0 aliphatic heterocycles. The second-order valence-corrected chi connectivity index (χ2v) is 10.6. The van der Waals surface area contributed by atoms with Crippen LogP contribution >= 0.6 is 7.29 Å². The molecule has 0 saturated carbocycles.